The van der Waals surface area contributed by atoms with Gasteiger partial charge in [-0.2, -0.15) is 0 Å². The van der Waals surface area contributed by atoms with Crippen LogP contribution in [0.15, 0.2) is 24.3 Å². The molecule has 2 atom stereocenters. The quantitative estimate of drug-likeness (QED) is 0.716. The molecule has 0 bridgehead atoms. The lowest BCUT2D eigenvalue weighted by Crippen LogP contribution is -2.38. The van der Waals surface area contributed by atoms with E-state index in [1.54, 1.807) is 12.1 Å². The molecule has 1 rings (SSSR count). The largest absolute Gasteiger partial charge is 0.508 e. The lowest BCUT2D eigenvalue weighted by molar-refractivity contribution is 0.201. The summed E-state index contributed by atoms with van der Waals surface area (Å²) >= 11 is 0. The molecule has 3 N–H and O–H groups in total. The molecule has 0 spiro atoms. The van der Waals surface area contributed by atoms with Crippen LogP contribution in [0, 0.1) is 5.92 Å². The van der Waals surface area contributed by atoms with Crippen LogP contribution in [0.2, 0.25) is 0 Å². The number of aliphatic hydroxyl groups is 1. The van der Waals surface area contributed by atoms with Gasteiger partial charge in [-0.15, -0.1) is 0 Å². The van der Waals surface area contributed by atoms with Crippen molar-refractivity contribution < 1.29 is 10.2 Å². The fourth-order valence-electron chi connectivity index (χ4n) is 1.72. The van der Waals surface area contributed by atoms with Gasteiger partial charge in [0.1, 0.15) is 5.75 Å². The summed E-state index contributed by atoms with van der Waals surface area (Å²) in [6.07, 6.45) is 0. The summed E-state index contributed by atoms with van der Waals surface area (Å²) in [7, 11) is 0. The third-order valence-electron chi connectivity index (χ3n) is 2.87. The van der Waals surface area contributed by atoms with Gasteiger partial charge in [-0.1, -0.05) is 32.0 Å². The first-order chi connectivity index (χ1) is 7.56. The third-order valence-corrected chi connectivity index (χ3v) is 2.87. The second-order valence-electron chi connectivity index (χ2n) is 4.48. The average Bonchev–Trinajstić information content (AvgIpc) is 2.25. The normalized spacial score (nSPS) is 15.1. The summed E-state index contributed by atoms with van der Waals surface area (Å²) in [5, 5.41) is 22.3. The number of hydrogen-bond acceptors (Lipinski definition) is 3. The molecule has 0 saturated carbocycles. The van der Waals surface area contributed by atoms with Crippen LogP contribution in [0.1, 0.15) is 32.4 Å². The highest BCUT2D eigenvalue weighted by molar-refractivity contribution is 5.34. The number of benzene rings is 1. The third kappa shape index (κ3) is 3.22. The van der Waals surface area contributed by atoms with Crippen molar-refractivity contribution in [2.45, 2.75) is 32.9 Å². The van der Waals surface area contributed by atoms with Gasteiger partial charge >= 0.3 is 0 Å². The molecule has 0 fully saturated rings. The Morgan fingerprint density at radius 1 is 1.19 bits per heavy atom. The summed E-state index contributed by atoms with van der Waals surface area (Å²) in [5.41, 5.74) is 0.863. The maximum absolute atomic E-state index is 9.70. The van der Waals surface area contributed by atoms with Crippen LogP contribution in [0.25, 0.3) is 0 Å². The monoisotopic (exact) mass is 223 g/mol. The Labute approximate surface area is 97.1 Å². The Balaban J connectivity index is 2.72. The SMILES string of the molecule is CC(NC(CO)C(C)C)c1ccccc1O. The molecule has 1 aromatic rings. The lowest BCUT2D eigenvalue weighted by atomic mass is 10.0. The van der Waals surface area contributed by atoms with Crippen LogP contribution in [0.4, 0.5) is 0 Å². The van der Waals surface area contributed by atoms with Gasteiger partial charge in [-0.25, -0.2) is 0 Å². The molecular weight excluding hydrogens is 202 g/mol. The van der Waals surface area contributed by atoms with Crippen molar-refractivity contribution in [3.63, 3.8) is 0 Å². The molecule has 3 nitrogen and oxygen atoms in total. The molecular formula is C13H21NO2. The first kappa shape index (κ1) is 13.0. The summed E-state index contributed by atoms with van der Waals surface area (Å²) in [6.45, 7) is 6.21. The Kier molecular flexibility index (Phi) is 4.77. The predicted molar refractivity (Wildman–Crippen MR) is 65.4 cm³/mol. The minimum atomic E-state index is 0.0285. The van der Waals surface area contributed by atoms with Gasteiger partial charge in [-0.05, 0) is 18.9 Å². The molecule has 0 aromatic heterocycles. The van der Waals surface area contributed by atoms with Crippen LogP contribution < -0.4 is 5.32 Å². The first-order valence-electron chi connectivity index (χ1n) is 5.71. The molecule has 0 amide bonds. The number of aliphatic hydroxyl groups excluding tert-OH is 1. The minimum absolute atomic E-state index is 0.0285. The number of nitrogens with one attached hydrogen (secondary N) is 1. The van der Waals surface area contributed by atoms with E-state index in [0.717, 1.165) is 5.56 Å². The highest BCUT2D eigenvalue weighted by atomic mass is 16.3. The molecule has 90 valence electrons. The van der Waals surface area contributed by atoms with E-state index in [4.69, 9.17) is 0 Å². The van der Waals surface area contributed by atoms with E-state index in [-0.39, 0.29) is 18.7 Å². The summed E-state index contributed by atoms with van der Waals surface area (Å²) < 4.78 is 0. The average molecular weight is 223 g/mol. The number of rotatable bonds is 5. The Morgan fingerprint density at radius 3 is 2.31 bits per heavy atom. The van der Waals surface area contributed by atoms with E-state index in [2.05, 4.69) is 19.2 Å². The van der Waals surface area contributed by atoms with Crippen molar-refractivity contribution in [3.05, 3.63) is 29.8 Å². The molecule has 2 unspecified atom stereocenters. The Morgan fingerprint density at radius 2 is 1.81 bits per heavy atom. The van der Waals surface area contributed by atoms with Gasteiger partial charge in [0.25, 0.3) is 0 Å². The second-order valence-corrected chi connectivity index (χ2v) is 4.48. The Bertz CT molecular complexity index is 325. The molecule has 0 radical (unpaired) electrons. The van der Waals surface area contributed by atoms with Crippen molar-refractivity contribution in [3.8, 4) is 5.75 Å². The van der Waals surface area contributed by atoms with Crippen molar-refractivity contribution in [1.82, 2.24) is 5.32 Å². The van der Waals surface area contributed by atoms with Gasteiger partial charge < -0.3 is 15.5 Å². The van der Waals surface area contributed by atoms with E-state index in [1.165, 1.54) is 0 Å². The molecule has 0 heterocycles. The van der Waals surface area contributed by atoms with Gasteiger partial charge in [0.2, 0.25) is 0 Å². The van der Waals surface area contributed by atoms with Crippen LogP contribution in [0.3, 0.4) is 0 Å². The summed E-state index contributed by atoms with van der Waals surface area (Å²) in [5.74, 6) is 0.654. The van der Waals surface area contributed by atoms with Crippen LogP contribution in [0.5, 0.6) is 5.75 Å². The van der Waals surface area contributed by atoms with E-state index in [9.17, 15) is 10.2 Å². The van der Waals surface area contributed by atoms with Crippen LogP contribution >= 0.6 is 0 Å². The maximum atomic E-state index is 9.70. The van der Waals surface area contributed by atoms with Crippen LogP contribution in [-0.2, 0) is 0 Å². The number of aromatic hydroxyl groups is 1. The highest BCUT2D eigenvalue weighted by Crippen LogP contribution is 2.24. The first-order valence-corrected chi connectivity index (χ1v) is 5.71. The van der Waals surface area contributed by atoms with Crippen molar-refractivity contribution in [2.75, 3.05) is 6.61 Å². The van der Waals surface area contributed by atoms with Gasteiger partial charge in [0, 0.05) is 17.6 Å². The van der Waals surface area contributed by atoms with E-state index < -0.39 is 0 Å². The van der Waals surface area contributed by atoms with Gasteiger partial charge in [0.05, 0.1) is 6.61 Å². The van der Waals surface area contributed by atoms with E-state index >= 15 is 0 Å². The number of para-hydroxylation sites is 1. The molecule has 0 saturated heterocycles. The van der Waals surface area contributed by atoms with Gasteiger partial charge in [-0.3, -0.25) is 0 Å². The molecule has 16 heavy (non-hydrogen) atoms. The zero-order valence-corrected chi connectivity index (χ0v) is 10.1. The maximum Gasteiger partial charge on any atom is 0.120 e. The van der Waals surface area contributed by atoms with Crippen LogP contribution in [-0.4, -0.2) is 22.9 Å². The highest BCUT2D eigenvalue weighted by Gasteiger charge is 2.17. The van der Waals surface area contributed by atoms with E-state index in [0.29, 0.717) is 11.7 Å². The molecule has 1 aromatic carbocycles. The van der Waals surface area contributed by atoms with Crippen molar-refractivity contribution >= 4 is 0 Å². The number of phenols is 1. The molecule has 0 aliphatic carbocycles. The number of phenolic OH excluding ortho intramolecular Hbond substituents is 1. The summed E-state index contributed by atoms with van der Waals surface area (Å²) in [4.78, 5) is 0. The van der Waals surface area contributed by atoms with Gasteiger partial charge in [0.15, 0.2) is 0 Å². The zero-order chi connectivity index (χ0) is 12.1. The molecule has 0 aliphatic rings. The minimum Gasteiger partial charge on any atom is -0.508 e. The second kappa shape index (κ2) is 5.87. The van der Waals surface area contributed by atoms with Crippen molar-refractivity contribution in [2.24, 2.45) is 5.92 Å². The standard InChI is InChI=1S/C13H21NO2/c1-9(2)12(8-15)14-10(3)11-6-4-5-7-13(11)16/h4-7,9-10,12,14-16H,8H2,1-3H3. The molecule has 3 heteroatoms. The Hall–Kier alpha value is -1.06. The predicted octanol–water partition coefficient (Wildman–Crippen LogP) is 2.06. The zero-order valence-electron chi connectivity index (χ0n) is 10.1. The van der Waals surface area contributed by atoms with E-state index in [1.807, 2.05) is 19.1 Å². The van der Waals surface area contributed by atoms with Crippen molar-refractivity contribution in [1.29, 1.82) is 0 Å². The smallest absolute Gasteiger partial charge is 0.120 e. The lowest BCUT2D eigenvalue weighted by Gasteiger charge is -2.25. The molecule has 0 aliphatic heterocycles. The topological polar surface area (TPSA) is 52.5 Å². The summed E-state index contributed by atoms with van der Waals surface area (Å²) in [6, 6.07) is 7.35. The fourth-order valence-corrected chi connectivity index (χ4v) is 1.72. The number of hydrogen-bond donors (Lipinski definition) is 3. The fraction of sp³-hybridized carbons (Fsp3) is 0.538.